The van der Waals surface area contributed by atoms with Crippen LogP contribution in [0.3, 0.4) is 0 Å². The summed E-state index contributed by atoms with van der Waals surface area (Å²) in [5.41, 5.74) is 7.60. The minimum absolute atomic E-state index is 0.0202. The first-order chi connectivity index (χ1) is 12.6. The van der Waals surface area contributed by atoms with Crippen LogP contribution in [0.25, 0.3) is 10.8 Å². The van der Waals surface area contributed by atoms with Gasteiger partial charge in [0, 0.05) is 17.7 Å². The van der Waals surface area contributed by atoms with Crippen LogP contribution in [-0.4, -0.2) is 4.92 Å². The van der Waals surface area contributed by atoms with E-state index in [1.165, 1.54) is 12.1 Å². The van der Waals surface area contributed by atoms with Gasteiger partial charge in [0.05, 0.1) is 10.8 Å². The van der Waals surface area contributed by atoms with Gasteiger partial charge in [0.25, 0.3) is 5.69 Å². The van der Waals surface area contributed by atoms with E-state index in [1.54, 1.807) is 12.1 Å². The maximum Gasteiger partial charge on any atom is 0.269 e. The van der Waals surface area contributed by atoms with E-state index in [-0.39, 0.29) is 17.1 Å². The predicted octanol–water partition coefficient (Wildman–Crippen LogP) is 3.97. The molecule has 1 atom stereocenters. The number of nitrogens with zero attached hydrogens (tertiary/aromatic N) is 2. The number of nitro groups is 1. The van der Waals surface area contributed by atoms with Gasteiger partial charge < -0.3 is 10.5 Å². The molecule has 1 aliphatic heterocycles. The lowest BCUT2D eigenvalue weighted by atomic mass is 9.81. The Bertz CT molecular complexity index is 1130. The molecule has 0 unspecified atom stereocenters. The standard InChI is InChI=1S/C20H13N3O3/c21-11-16-18(13-5-3-6-14(10-13)23(24)25)19-15-7-2-1-4-12(15)8-9-17(19)26-20(16)22/h1-10,18H,22H2/t18-/m1/s1. The van der Waals surface area contributed by atoms with Gasteiger partial charge in [-0.05, 0) is 22.4 Å². The van der Waals surface area contributed by atoms with Crippen molar-refractivity contribution in [2.45, 2.75) is 5.92 Å². The van der Waals surface area contributed by atoms with Gasteiger partial charge in [0.2, 0.25) is 5.88 Å². The molecule has 0 saturated carbocycles. The number of ether oxygens (including phenoxy) is 1. The zero-order chi connectivity index (χ0) is 18.3. The van der Waals surface area contributed by atoms with Crippen molar-refractivity contribution in [3.05, 3.63) is 93.4 Å². The van der Waals surface area contributed by atoms with Crippen molar-refractivity contribution in [2.75, 3.05) is 0 Å². The largest absolute Gasteiger partial charge is 0.440 e. The molecule has 1 aliphatic rings. The molecule has 0 bridgehead atoms. The van der Waals surface area contributed by atoms with Gasteiger partial charge in [-0.1, -0.05) is 42.5 Å². The fraction of sp³-hybridized carbons (Fsp3) is 0.0500. The molecule has 4 rings (SSSR count). The first kappa shape index (κ1) is 15.7. The Labute approximate surface area is 148 Å². The zero-order valence-corrected chi connectivity index (χ0v) is 13.5. The first-order valence-electron chi connectivity index (χ1n) is 7.93. The number of nitrogens with two attached hydrogens (primary N) is 1. The predicted molar refractivity (Wildman–Crippen MR) is 96.3 cm³/mol. The van der Waals surface area contributed by atoms with Crippen LogP contribution >= 0.6 is 0 Å². The number of nitro benzene ring substituents is 1. The summed E-state index contributed by atoms with van der Waals surface area (Å²) in [7, 11) is 0. The first-order valence-corrected chi connectivity index (χ1v) is 7.93. The van der Waals surface area contributed by atoms with Gasteiger partial charge in [-0.15, -0.1) is 0 Å². The number of nitriles is 1. The third-order valence-electron chi connectivity index (χ3n) is 4.53. The highest BCUT2D eigenvalue weighted by Gasteiger charge is 2.32. The zero-order valence-electron chi connectivity index (χ0n) is 13.5. The molecule has 0 spiro atoms. The van der Waals surface area contributed by atoms with Crippen molar-refractivity contribution >= 4 is 16.5 Å². The van der Waals surface area contributed by atoms with Crippen molar-refractivity contribution in [1.29, 1.82) is 5.26 Å². The molecular formula is C20H13N3O3. The normalized spacial score (nSPS) is 15.9. The lowest BCUT2D eigenvalue weighted by Gasteiger charge is -2.27. The number of fused-ring (bicyclic) bond motifs is 3. The summed E-state index contributed by atoms with van der Waals surface area (Å²) >= 11 is 0. The molecule has 2 N–H and O–H groups in total. The highest BCUT2D eigenvalue weighted by atomic mass is 16.6. The number of hydrogen-bond donors (Lipinski definition) is 1. The maximum absolute atomic E-state index is 11.2. The smallest absolute Gasteiger partial charge is 0.269 e. The van der Waals surface area contributed by atoms with Crippen LogP contribution in [0.5, 0.6) is 5.75 Å². The molecule has 0 amide bonds. The maximum atomic E-state index is 11.2. The highest BCUT2D eigenvalue weighted by Crippen LogP contribution is 2.45. The Hall–Kier alpha value is -3.85. The summed E-state index contributed by atoms with van der Waals surface area (Å²) < 4.78 is 5.67. The second-order valence-electron chi connectivity index (χ2n) is 5.98. The average molecular weight is 343 g/mol. The van der Waals surface area contributed by atoms with Gasteiger partial charge in [0.15, 0.2) is 0 Å². The number of hydrogen-bond acceptors (Lipinski definition) is 5. The minimum Gasteiger partial charge on any atom is -0.440 e. The van der Waals surface area contributed by atoms with E-state index in [2.05, 4.69) is 6.07 Å². The summed E-state index contributed by atoms with van der Waals surface area (Å²) in [6, 6.07) is 19.9. The van der Waals surface area contributed by atoms with E-state index in [1.807, 2.05) is 36.4 Å². The summed E-state index contributed by atoms with van der Waals surface area (Å²) in [4.78, 5) is 10.7. The quantitative estimate of drug-likeness (QED) is 0.560. The van der Waals surface area contributed by atoms with E-state index in [9.17, 15) is 15.4 Å². The summed E-state index contributed by atoms with van der Waals surface area (Å²) in [5.74, 6) is 0.0400. The molecule has 0 saturated heterocycles. The van der Waals surface area contributed by atoms with Crippen molar-refractivity contribution < 1.29 is 9.66 Å². The third kappa shape index (κ3) is 2.34. The Balaban J connectivity index is 2.04. The van der Waals surface area contributed by atoms with Crippen LogP contribution in [0.2, 0.25) is 0 Å². The van der Waals surface area contributed by atoms with Gasteiger partial charge in [-0.25, -0.2) is 0 Å². The van der Waals surface area contributed by atoms with Crippen LogP contribution in [0.4, 0.5) is 5.69 Å². The number of allylic oxidation sites excluding steroid dienone is 1. The van der Waals surface area contributed by atoms with Crippen LogP contribution in [0.15, 0.2) is 72.1 Å². The van der Waals surface area contributed by atoms with E-state index in [0.717, 1.165) is 16.3 Å². The van der Waals surface area contributed by atoms with E-state index < -0.39 is 10.8 Å². The minimum atomic E-state index is -0.533. The molecule has 0 fully saturated rings. The Morgan fingerprint density at radius 1 is 1.12 bits per heavy atom. The number of rotatable bonds is 2. The van der Waals surface area contributed by atoms with Crippen LogP contribution in [-0.2, 0) is 0 Å². The van der Waals surface area contributed by atoms with E-state index in [4.69, 9.17) is 10.5 Å². The molecule has 126 valence electrons. The topological polar surface area (TPSA) is 102 Å². The SMILES string of the molecule is N#CC1=C(N)Oc2ccc3ccccc3c2[C@@H]1c1cccc([N+](=O)[O-])c1. The fourth-order valence-electron chi connectivity index (χ4n) is 3.39. The summed E-state index contributed by atoms with van der Waals surface area (Å²) in [5, 5.41) is 22.8. The van der Waals surface area contributed by atoms with Crippen molar-refractivity contribution in [3.8, 4) is 11.8 Å². The van der Waals surface area contributed by atoms with Gasteiger partial charge in [-0.2, -0.15) is 5.26 Å². The highest BCUT2D eigenvalue weighted by molar-refractivity contribution is 5.90. The van der Waals surface area contributed by atoms with Gasteiger partial charge in [0.1, 0.15) is 17.4 Å². The molecule has 26 heavy (non-hydrogen) atoms. The molecule has 3 aromatic rings. The van der Waals surface area contributed by atoms with Crippen molar-refractivity contribution in [2.24, 2.45) is 5.73 Å². The molecular weight excluding hydrogens is 330 g/mol. The van der Waals surface area contributed by atoms with Gasteiger partial charge in [-0.3, -0.25) is 10.1 Å². The Morgan fingerprint density at radius 2 is 1.92 bits per heavy atom. The Kier molecular flexibility index (Phi) is 3.55. The lowest BCUT2D eigenvalue weighted by Crippen LogP contribution is -2.21. The second-order valence-corrected chi connectivity index (χ2v) is 5.98. The van der Waals surface area contributed by atoms with Crippen molar-refractivity contribution in [3.63, 3.8) is 0 Å². The average Bonchev–Trinajstić information content (AvgIpc) is 2.66. The van der Waals surface area contributed by atoms with E-state index >= 15 is 0 Å². The summed E-state index contributed by atoms with van der Waals surface area (Å²) in [6.45, 7) is 0. The number of non-ortho nitro benzene ring substituents is 1. The second kappa shape index (κ2) is 5.90. The molecule has 0 radical (unpaired) electrons. The van der Waals surface area contributed by atoms with Crippen LogP contribution in [0.1, 0.15) is 17.0 Å². The molecule has 6 nitrogen and oxygen atoms in total. The number of benzene rings is 3. The Morgan fingerprint density at radius 3 is 2.69 bits per heavy atom. The molecule has 0 aliphatic carbocycles. The van der Waals surface area contributed by atoms with Gasteiger partial charge >= 0.3 is 0 Å². The van der Waals surface area contributed by atoms with Crippen molar-refractivity contribution in [1.82, 2.24) is 0 Å². The molecule has 0 aromatic heterocycles. The monoisotopic (exact) mass is 343 g/mol. The molecule has 6 heteroatoms. The lowest BCUT2D eigenvalue weighted by molar-refractivity contribution is -0.384. The van der Waals surface area contributed by atoms with Crippen LogP contribution < -0.4 is 10.5 Å². The summed E-state index contributed by atoms with van der Waals surface area (Å²) in [6.07, 6.45) is 0. The molecule has 3 aromatic carbocycles. The van der Waals surface area contributed by atoms with Crippen LogP contribution in [0, 0.1) is 21.4 Å². The fourth-order valence-corrected chi connectivity index (χ4v) is 3.39. The molecule has 1 heterocycles. The third-order valence-corrected chi connectivity index (χ3v) is 4.53. The van der Waals surface area contributed by atoms with E-state index in [0.29, 0.717) is 11.3 Å².